The van der Waals surface area contributed by atoms with Crippen molar-refractivity contribution >= 4 is 0 Å². The van der Waals surface area contributed by atoms with Gasteiger partial charge in [-0.05, 0) is 30.6 Å². The van der Waals surface area contributed by atoms with Gasteiger partial charge in [0.25, 0.3) is 0 Å². The molecule has 2 aliphatic rings. The number of benzene rings is 2. The largest absolute Gasteiger partial charge is 1.00 e. The molecule has 3 unspecified atom stereocenters. The minimum Gasteiger partial charge on any atom is -0.120 e. The Morgan fingerprint density at radius 1 is 0.846 bits per heavy atom. The van der Waals surface area contributed by atoms with E-state index in [1.165, 1.54) is 55.6 Å². The molecule has 2 aliphatic carbocycles. The average Bonchev–Trinajstić information content (AvgIpc) is 3.30. The van der Waals surface area contributed by atoms with Gasteiger partial charge in [-0.1, -0.05) is 80.7 Å². The molecule has 1 saturated carbocycles. The predicted octanol–water partition coefficient (Wildman–Crippen LogP) is 3.92. The number of rotatable bonds is 7. The molecule has 1 fully saturated rings. The van der Waals surface area contributed by atoms with Gasteiger partial charge in [-0.3, -0.25) is 0 Å². The van der Waals surface area contributed by atoms with Crippen molar-refractivity contribution < 1.29 is 18.9 Å². The molecule has 2 aromatic carbocycles. The van der Waals surface area contributed by atoms with Gasteiger partial charge in [-0.15, -0.1) is 41.3 Å². The summed E-state index contributed by atoms with van der Waals surface area (Å²) < 4.78 is 0. The molecule has 4 rings (SSSR count). The van der Waals surface area contributed by atoms with E-state index >= 15 is 0 Å². The molecule has 0 aromatic heterocycles. The normalized spacial score (nSPS) is 23.0. The summed E-state index contributed by atoms with van der Waals surface area (Å²) in [6.45, 7) is 2.28. The third-order valence-electron chi connectivity index (χ3n) is 6.12. The summed E-state index contributed by atoms with van der Waals surface area (Å²) in [6.07, 6.45) is 12.7. The Labute approximate surface area is 171 Å². The minimum atomic E-state index is 0. The molecule has 130 valence electrons. The number of allylic oxidation sites excluding steroid dienone is 2. The number of hydrogen-bond donors (Lipinski definition) is 0. The predicted molar refractivity (Wildman–Crippen MR) is 107 cm³/mol. The van der Waals surface area contributed by atoms with Crippen LogP contribution in [-0.2, 0) is 0 Å². The Morgan fingerprint density at radius 2 is 1.58 bits per heavy atom. The molecular weight excluding hydrogens is 307 g/mol. The molecule has 0 radical (unpaired) electrons. The summed E-state index contributed by atoms with van der Waals surface area (Å²) in [5.41, 5.74) is 4.33. The molecule has 0 aliphatic heterocycles. The summed E-state index contributed by atoms with van der Waals surface area (Å²) in [6, 6.07) is 20.5. The molecule has 2 bridgehead atoms. The van der Waals surface area contributed by atoms with Gasteiger partial charge in [-0.2, -0.15) is 0 Å². The van der Waals surface area contributed by atoms with Crippen molar-refractivity contribution in [2.75, 3.05) is 0 Å². The number of fused-ring (bicyclic) bond motifs is 2. The van der Waals surface area contributed by atoms with Crippen molar-refractivity contribution in [3.05, 3.63) is 89.4 Å². The third-order valence-corrected chi connectivity index (χ3v) is 6.12. The Kier molecular flexibility index (Phi) is 6.74. The van der Waals surface area contributed by atoms with Crippen LogP contribution in [0.5, 0.6) is 0 Å². The van der Waals surface area contributed by atoms with E-state index < -0.39 is 0 Å². The molecule has 1 heteroatoms. The fraction of sp³-hybridized carbons (Fsp3) is 0.400. The van der Waals surface area contributed by atoms with Gasteiger partial charge in [0.2, 0.25) is 0 Å². The van der Waals surface area contributed by atoms with Crippen LogP contribution in [0.3, 0.4) is 0 Å². The Morgan fingerprint density at radius 3 is 2.19 bits per heavy atom. The van der Waals surface area contributed by atoms with Gasteiger partial charge in [0.15, 0.2) is 0 Å². The second-order valence-corrected chi connectivity index (χ2v) is 7.81. The van der Waals surface area contributed by atoms with E-state index in [0.717, 1.165) is 17.8 Å². The first-order valence-electron chi connectivity index (χ1n) is 10.0. The zero-order valence-electron chi connectivity index (χ0n) is 16.3. The second-order valence-electron chi connectivity index (χ2n) is 7.81. The number of unbranched alkanes of at least 4 members (excludes halogenated alkanes) is 2. The van der Waals surface area contributed by atoms with Gasteiger partial charge in [-0.25, -0.2) is 0 Å². The fourth-order valence-corrected chi connectivity index (χ4v) is 4.74. The standard InChI is InChI=1S/C25H29.Li/c1-2-3-5-10-24(20-8-6-4-7-9-20)21-13-15-22(16-14-21)25-18-19-11-12-23(25)17-19;/h4,6-9,11-16,19,23,25H,2-3,5,10,17-18H2,1H3;/q-1;+1. The quantitative estimate of drug-likeness (QED) is 0.311. The maximum Gasteiger partial charge on any atom is 1.00 e. The smallest absolute Gasteiger partial charge is 0.120 e. The monoisotopic (exact) mass is 336 g/mol. The van der Waals surface area contributed by atoms with E-state index in [9.17, 15) is 0 Å². The second kappa shape index (κ2) is 9.03. The fourth-order valence-electron chi connectivity index (χ4n) is 4.74. The Hall–Kier alpha value is -1.35. The SMILES string of the molecule is CCCCC[C-](c1ccccc1)c1ccc(C2CC3C=CC2C3)cc1.[Li+]. The maximum atomic E-state index is 2.46. The molecule has 0 heterocycles. The Balaban J connectivity index is 0.00000196. The van der Waals surface area contributed by atoms with Crippen LogP contribution >= 0.6 is 0 Å². The zero-order valence-corrected chi connectivity index (χ0v) is 16.3. The van der Waals surface area contributed by atoms with E-state index in [0.29, 0.717) is 0 Å². The summed E-state index contributed by atoms with van der Waals surface area (Å²) in [4.78, 5) is 0. The van der Waals surface area contributed by atoms with Crippen LogP contribution in [0.4, 0.5) is 0 Å². The van der Waals surface area contributed by atoms with Crippen molar-refractivity contribution in [3.63, 3.8) is 0 Å². The molecule has 3 atom stereocenters. The molecule has 0 amide bonds. The molecule has 0 N–H and O–H groups in total. The first-order chi connectivity index (χ1) is 12.3. The average molecular weight is 336 g/mol. The summed E-state index contributed by atoms with van der Waals surface area (Å²) in [5.74, 6) is 3.89. The van der Waals surface area contributed by atoms with Crippen LogP contribution in [0.2, 0.25) is 0 Å². The first-order valence-corrected chi connectivity index (χ1v) is 10.0. The Bertz CT molecular complexity index is 701. The summed E-state index contributed by atoms with van der Waals surface area (Å²) >= 11 is 0. The summed E-state index contributed by atoms with van der Waals surface area (Å²) in [7, 11) is 0. The van der Waals surface area contributed by atoms with E-state index in [2.05, 4.69) is 73.7 Å². The topological polar surface area (TPSA) is 0 Å². The van der Waals surface area contributed by atoms with Crippen molar-refractivity contribution in [3.8, 4) is 0 Å². The van der Waals surface area contributed by atoms with Crippen molar-refractivity contribution in [2.45, 2.75) is 51.4 Å². The van der Waals surface area contributed by atoms with Crippen LogP contribution in [0.1, 0.15) is 68.1 Å². The molecule has 0 saturated heterocycles. The maximum absolute atomic E-state index is 2.46. The first kappa shape index (κ1) is 19.4. The molecule has 0 spiro atoms. The molecular formula is C25H29Li. The van der Waals surface area contributed by atoms with E-state index in [4.69, 9.17) is 0 Å². The van der Waals surface area contributed by atoms with Crippen molar-refractivity contribution in [1.82, 2.24) is 0 Å². The van der Waals surface area contributed by atoms with Crippen LogP contribution in [0.25, 0.3) is 0 Å². The molecule has 2 aromatic rings. The number of hydrogen-bond acceptors (Lipinski definition) is 0. The van der Waals surface area contributed by atoms with Crippen LogP contribution in [0, 0.1) is 17.8 Å². The van der Waals surface area contributed by atoms with E-state index in [1.54, 1.807) is 5.56 Å². The van der Waals surface area contributed by atoms with Crippen LogP contribution < -0.4 is 18.9 Å². The van der Waals surface area contributed by atoms with E-state index in [1.807, 2.05) is 0 Å². The van der Waals surface area contributed by atoms with Gasteiger partial charge in [0.05, 0.1) is 0 Å². The van der Waals surface area contributed by atoms with Crippen LogP contribution in [0.15, 0.2) is 66.7 Å². The molecule has 0 nitrogen and oxygen atoms in total. The molecule has 26 heavy (non-hydrogen) atoms. The van der Waals surface area contributed by atoms with Gasteiger partial charge >= 0.3 is 18.9 Å². The van der Waals surface area contributed by atoms with Crippen molar-refractivity contribution in [2.24, 2.45) is 11.8 Å². The van der Waals surface area contributed by atoms with Gasteiger partial charge in [0.1, 0.15) is 0 Å². The van der Waals surface area contributed by atoms with Gasteiger partial charge < -0.3 is 0 Å². The van der Waals surface area contributed by atoms with Crippen LogP contribution in [-0.4, -0.2) is 0 Å². The van der Waals surface area contributed by atoms with E-state index in [-0.39, 0.29) is 18.9 Å². The third kappa shape index (κ3) is 4.14. The minimum absolute atomic E-state index is 0. The summed E-state index contributed by atoms with van der Waals surface area (Å²) in [5, 5.41) is 0. The van der Waals surface area contributed by atoms with Gasteiger partial charge in [0, 0.05) is 0 Å². The van der Waals surface area contributed by atoms with Crippen molar-refractivity contribution in [1.29, 1.82) is 0 Å². The zero-order chi connectivity index (χ0) is 17.1.